The number of nitrogens with zero attached hydrogens (tertiary/aromatic N) is 1. The lowest BCUT2D eigenvalue weighted by Gasteiger charge is -2.26. The van der Waals surface area contributed by atoms with Crippen molar-refractivity contribution in [2.24, 2.45) is 5.92 Å². The van der Waals surface area contributed by atoms with Gasteiger partial charge in [-0.25, -0.2) is 0 Å². The first-order valence-corrected chi connectivity index (χ1v) is 6.00. The van der Waals surface area contributed by atoms with Gasteiger partial charge in [-0.3, -0.25) is 4.79 Å². The summed E-state index contributed by atoms with van der Waals surface area (Å²) in [5.74, 6) is 0.909. The molecule has 88 valence electrons. The zero-order valence-electron chi connectivity index (χ0n) is 10.3. The van der Waals surface area contributed by atoms with Crippen molar-refractivity contribution in [3.05, 3.63) is 33.7 Å². The molecular formula is C13H20N2O. The SMILES string of the molecule is Cc1cc2n(c(=O)c1)CC(C)CNC[C@@H]2C. The molecule has 2 heterocycles. The first kappa shape index (κ1) is 11.4. The van der Waals surface area contributed by atoms with Crippen molar-refractivity contribution in [1.29, 1.82) is 0 Å². The fourth-order valence-corrected chi connectivity index (χ4v) is 2.38. The van der Waals surface area contributed by atoms with E-state index in [1.54, 1.807) is 6.07 Å². The second-order valence-corrected chi connectivity index (χ2v) is 5.07. The van der Waals surface area contributed by atoms with Gasteiger partial charge in [0.15, 0.2) is 0 Å². The van der Waals surface area contributed by atoms with Gasteiger partial charge >= 0.3 is 0 Å². The fourth-order valence-electron chi connectivity index (χ4n) is 2.38. The van der Waals surface area contributed by atoms with E-state index in [1.807, 2.05) is 11.5 Å². The van der Waals surface area contributed by atoms with Crippen LogP contribution in [0.3, 0.4) is 0 Å². The molecule has 1 aromatic rings. The Balaban J connectivity index is 2.52. The van der Waals surface area contributed by atoms with Gasteiger partial charge < -0.3 is 9.88 Å². The molecule has 1 unspecified atom stereocenters. The molecule has 1 aliphatic rings. The number of hydrogen-bond acceptors (Lipinski definition) is 2. The zero-order chi connectivity index (χ0) is 11.7. The Morgan fingerprint density at radius 3 is 2.81 bits per heavy atom. The average molecular weight is 220 g/mol. The standard InChI is InChI=1S/C13H20N2O/c1-9-4-12-11(3)7-14-6-10(2)8-15(12)13(16)5-9/h4-5,10-11,14H,6-8H2,1-3H3/t10?,11-/m0/s1. The lowest BCUT2D eigenvalue weighted by atomic mass is 10.0. The summed E-state index contributed by atoms with van der Waals surface area (Å²) < 4.78 is 1.95. The zero-order valence-corrected chi connectivity index (χ0v) is 10.3. The van der Waals surface area contributed by atoms with Crippen molar-refractivity contribution in [1.82, 2.24) is 9.88 Å². The first-order valence-electron chi connectivity index (χ1n) is 6.00. The maximum absolute atomic E-state index is 12.0. The van der Waals surface area contributed by atoms with Crippen LogP contribution in [0, 0.1) is 12.8 Å². The van der Waals surface area contributed by atoms with E-state index in [0.29, 0.717) is 11.8 Å². The molecule has 1 aromatic heterocycles. The van der Waals surface area contributed by atoms with E-state index in [4.69, 9.17) is 0 Å². The highest BCUT2D eigenvalue weighted by Crippen LogP contribution is 2.17. The van der Waals surface area contributed by atoms with Crippen LogP contribution in [0.5, 0.6) is 0 Å². The molecule has 1 aliphatic heterocycles. The molecule has 0 fully saturated rings. The van der Waals surface area contributed by atoms with Crippen LogP contribution in [-0.2, 0) is 6.54 Å². The number of fused-ring (bicyclic) bond motifs is 1. The number of hydrogen-bond donors (Lipinski definition) is 1. The topological polar surface area (TPSA) is 34.0 Å². The molecule has 2 atom stereocenters. The Kier molecular flexibility index (Phi) is 3.15. The normalized spacial score (nSPS) is 25.7. The highest BCUT2D eigenvalue weighted by Gasteiger charge is 2.17. The number of nitrogens with one attached hydrogen (secondary N) is 1. The minimum Gasteiger partial charge on any atom is -0.316 e. The number of aryl methyl sites for hydroxylation is 1. The van der Waals surface area contributed by atoms with Crippen molar-refractivity contribution in [3.8, 4) is 0 Å². The minimum atomic E-state index is 0.149. The molecule has 2 rings (SSSR count). The number of rotatable bonds is 0. The summed E-state index contributed by atoms with van der Waals surface area (Å²) in [4.78, 5) is 12.0. The van der Waals surface area contributed by atoms with Gasteiger partial charge in [-0.1, -0.05) is 13.8 Å². The van der Waals surface area contributed by atoms with E-state index >= 15 is 0 Å². The summed E-state index contributed by atoms with van der Waals surface area (Å²) in [6, 6.07) is 3.88. The van der Waals surface area contributed by atoms with Crippen molar-refractivity contribution in [2.75, 3.05) is 13.1 Å². The minimum absolute atomic E-state index is 0.149. The van der Waals surface area contributed by atoms with Crippen molar-refractivity contribution >= 4 is 0 Å². The lowest BCUT2D eigenvalue weighted by molar-refractivity contribution is 0.391. The largest absolute Gasteiger partial charge is 0.316 e. The molecule has 0 radical (unpaired) electrons. The van der Waals surface area contributed by atoms with E-state index in [9.17, 15) is 4.79 Å². The third-order valence-corrected chi connectivity index (χ3v) is 3.25. The third kappa shape index (κ3) is 2.19. The summed E-state index contributed by atoms with van der Waals surface area (Å²) in [5, 5.41) is 3.45. The molecule has 0 spiro atoms. The lowest BCUT2D eigenvalue weighted by Crippen LogP contribution is -2.36. The van der Waals surface area contributed by atoms with Crippen LogP contribution in [0.4, 0.5) is 0 Å². The van der Waals surface area contributed by atoms with Crippen LogP contribution in [0.25, 0.3) is 0 Å². The van der Waals surface area contributed by atoms with Crippen LogP contribution in [0.1, 0.15) is 31.0 Å². The van der Waals surface area contributed by atoms with E-state index < -0.39 is 0 Å². The third-order valence-electron chi connectivity index (χ3n) is 3.25. The van der Waals surface area contributed by atoms with Gasteiger partial charge in [0.1, 0.15) is 0 Å². The molecule has 0 bridgehead atoms. The van der Waals surface area contributed by atoms with Crippen LogP contribution >= 0.6 is 0 Å². The van der Waals surface area contributed by atoms with Gasteiger partial charge in [-0.05, 0) is 31.0 Å². The van der Waals surface area contributed by atoms with Crippen LogP contribution < -0.4 is 10.9 Å². The highest BCUT2D eigenvalue weighted by atomic mass is 16.1. The smallest absolute Gasteiger partial charge is 0.250 e. The van der Waals surface area contributed by atoms with Gasteiger partial charge in [0.25, 0.3) is 5.56 Å². The summed E-state index contributed by atoms with van der Waals surface area (Å²) >= 11 is 0. The first-order chi connectivity index (χ1) is 7.58. The predicted octanol–water partition coefficient (Wildman–Crippen LogP) is 1.50. The van der Waals surface area contributed by atoms with E-state index in [1.165, 1.54) is 5.69 Å². The Hall–Kier alpha value is -1.09. The Bertz CT molecular complexity index is 436. The monoisotopic (exact) mass is 220 g/mol. The molecule has 3 heteroatoms. The van der Waals surface area contributed by atoms with Gasteiger partial charge in [0, 0.05) is 30.8 Å². The summed E-state index contributed by atoms with van der Waals surface area (Å²) in [5.41, 5.74) is 2.39. The maximum atomic E-state index is 12.0. The van der Waals surface area contributed by atoms with E-state index in [2.05, 4.69) is 25.2 Å². The van der Waals surface area contributed by atoms with Gasteiger partial charge in [-0.15, -0.1) is 0 Å². The Labute approximate surface area is 96.5 Å². The molecule has 0 aliphatic carbocycles. The number of aromatic nitrogens is 1. The molecule has 1 N–H and O–H groups in total. The fraction of sp³-hybridized carbons (Fsp3) is 0.615. The quantitative estimate of drug-likeness (QED) is 0.719. The molecule has 3 nitrogen and oxygen atoms in total. The van der Waals surface area contributed by atoms with E-state index in [0.717, 1.165) is 25.2 Å². The van der Waals surface area contributed by atoms with Gasteiger partial charge in [0.05, 0.1) is 0 Å². The second kappa shape index (κ2) is 4.42. The predicted molar refractivity (Wildman–Crippen MR) is 65.9 cm³/mol. The van der Waals surface area contributed by atoms with Crippen molar-refractivity contribution in [2.45, 2.75) is 33.2 Å². The highest BCUT2D eigenvalue weighted by molar-refractivity contribution is 5.20. The van der Waals surface area contributed by atoms with Crippen molar-refractivity contribution in [3.63, 3.8) is 0 Å². The Morgan fingerprint density at radius 2 is 2.06 bits per heavy atom. The van der Waals surface area contributed by atoms with Crippen LogP contribution in [0.15, 0.2) is 16.9 Å². The molecule has 0 saturated heterocycles. The summed E-state index contributed by atoms with van der Waals surface area (Å²) in [6.45, 7) is 9.11. The Morgan fingerprint density at radius 1 is 1.31 bits per heavy atom. The van der Waals surface area contributed by atoms with Gasteiger partial charge in [0.2, 0.25) is 0 Å². The summed E-state index contributed by atoms with van der Waals surface area (Å²) in [6.07, 6.45) is 0. The average Bonchev–Trinajstić information content (AvgIpc) is 2.19. The molecule has 16 heavy (non-hydrogen) atoms. The molecule has 0 saturated carbocycles. The molecule has 0 aromatic carbocycles. The van der Waals surface area contributed by atoms with Crippen LogP contribution in [0.2, 0.25) is 0 Å². The van der Waals surface area contributed by atoms with E-state index in [-0.39, 0.29) is 5.56 Å². The maximum Gasteiger partial charge on any atom is 0.250 e. The van der Waals surface area contributed by atoms with Crippen LogP contribution in [-0.4, -0.2) is 17.7 Å². The molecular weight excluding hydrogens is 200 g/mol. The molecule has 0 amide bonds. The summed E-state index contributed by atoms with van der Waals surface area (Å²) in [7, 11) is 0. The van der Waals surface area contributed by atoms with Crippen molar-refractivity contribution < 1.29 is 0 Å². The van der Waals surface area contributed by atoms with Gasteiger partial charge in [-0.2, -0.15) is 0 Å². The second-order valence-electron chi connectivity index (χ2n) is 5.07. The number of pyridine rings is 1.